The van der Waals surface area contributed by atoms with Crippen LogP contribution in [0.1, 0.15) is 16.8 Å². The first kappa shape index (κ1) is 11.8. The number of hydrogen-bond donors (Lipinski definition) is 3. The Morgan fingerprint density at radius 2 is 2.20 bits per heavy atom. The van der Waals surface area contributed by atoms with Crippen molar-refractivity contribution in [3.63, 3.8) is 0 Å². The van der Waals surface area contributed by atoms with Crippen molar-refractivity contribution in [2.75, 3.05) is 18.5 Å². The molecule has 0 heterocycles. The van der Waals surface area contributed by atoms with E-state index in [1.807, 2.05) is 0 Å². The fourth-order valence-electron chi connectivity index (χ4n) is 1.10. The summed E-state index contributed by atoms with van der Waals surface area (Å²) in [5, 5.41) is 20.8. The van der Waals surface area contributed by atoms with Gasteiger partial charge in [0.2, 0.25) is 0 Å². The highest BCUT2D eigenvalue weighted by atomic mass is 35.5. The van der Waals surface area contributed by atoms with Gasteiger partial charge in [-0.1, -0.05) is 11.6 Å². The van der Waals surface area contributed by atoms with Crippen LogP contribution < -0.4 is 5.32 Å². The minimum absolute atomic E-state index is 0.0865. The quantitative estimate of drug-likeness (QED) is 0.674. The first-order chi connectivity index (χ1) is 7.15. The lowest BCUT2D eigenvalue weighted by molar-refractivity contribution is 0.0697. The van der Waals surface area contributed by atoms with Crippen LogP contribution in [0.15, 0.2) is 18.2 Å². The van der Waals surface area contributed by atoms with Crippen molar-refractivity contribution in [3.8, 4) is 0 Å². The number of halogens is 1. The Kier molecular flexibility index (Phi) is 4.39. The molecule has 1 aromatic carbocycles. The zero-order valence-electron chi connectivity index (χ0n) is 8.03. The maximum Gasteiger partial charge on any atom is 0.335 e. The topological polar surface area (TPSA) is 69.6 Å². The molecule has 0 atom stereocenters. The fraction of sp³-hybridized carbons (Fsp3) is 0.300. The molecular weight excluding hydrogens is 218 g/mol. The molecule has 0 radical (unpaired) electrons. The number of carboxylic acids is 1. The number of aromatic carboxylic acids is 1. The average molecular weight is 230 g/mol. The van der Waals surface area contributed by atoms with E-state index in [4.69, 9.17) is 21.8 Å². The van der Waals surface area contributed by atoms with E-state index in [-0.39, 0.29) is 12.2 Å². The summed E-state index contributed by atoms with van der Waals surface area (Å²) in [5.74, 6) is -0.989. The van der Waals surface area contributed by atoms with Crippen molar-refractivity contribution >= 4 is 23.3 Å². The van der Waals surface area contributed by atoms with Crippen LogP contribution in [0, 0.1) is 0 Å². The van der Waals surface area contributed by atoms with Gasteiger partial charge in [-0.25, -0.2) is 4.79 Å². The van der Waals surface area contributed by atoms with Crippen molar-refractivity contribution in [2.45, 2.75) is 6.42 Å². The van der Waals surface area contributed by atoms with Gasteiger partial charge in [0.1, 0.15) is 0 Å². The van der Waals surface area contributed by atoms with Crippen LogP contribution in [0.2, 0.25) is 5.02 Å². The average Bonchev–Trinajstić information content (AvgIpc) is 2.20. The molecular formula is C10H12ClNO3. The first-order valence-corrected chi connectivity index (χ1v) is 4.90. The van der Waals surface area contributed by atoms with E-state index < -0.39 is 5.97 Å². The zero-order chi connectivity index (χ0) is 11.3. The Morgan fingerprint density at radius 1 is 1.47 bits per heavy atom. The lowest BCUT2D eigenvalue weighted by atomic mass is 10.2. The summed E-state index contributed by atoms with van der Waals surface area (Å²) in [4.78, 5) is 10.7. The number of nitrogens with one attached hydrogen (secondary N) is 1. The summed E-state index contributed by atoms with van der Waals surface area (Å²) < 4.78 is 0. The number of anilines is 1. The van der Waals surface area contributed by atoms with Crippen molar-refractivity contribution in [2.24, 2.45) is 0 Å². The molecule has 0 spiro atoms. The molecule has 0 unspecified atom stereocenters. The molecule has 1 rings (SSSR count). The summed E-state index contributed by atoms with van der Waals surface area (Å²) >= 11 is 5.86. The molecule has 4 nitrogen and oxygen atoms in total. The van der Waals surface area contributed by atoms with E-state index >= 15 is 0 Å². The second kappa shape index (κ2) is 5.58. The molecule has 0 aliphatic carbocycles. The van der Waals surface area contributed by atoms with Crippen LogP contribution in [0.25, 0.3) is 0 Å². The molecule has 3 N–H and O–H groups in total. The first-order valence-electron chi connectivity index (χ1n) is 4.52. The van der Waals surface area contributed by atoms with Crippen molar-refractivity contribution in [3.05, 3.63) is 28.8 Å². The van der Waals surface area contributed by atoms with Crippen molar-refractivity contribution < 1.29 is 15.0 Å². The monoisotopic (exact) mass is 229 g/mol. The van der Waals surface area contributed by atoms with E-state index in [0.29, 0.717) is 23.7 Å². The van der Waals surface area contributed by atoms with Gasteiger partial charge in [0.05, 0.1) is 16.3 Å². The van der Waals surface area contributed by atoms with Crippen LogP contribution in [-0.4, -0.2) is 29.3 Å². The van der Waals surface area contributed by atoms with Crippen molar-refractivity contribution in [1.82, 2.24) is 0 Å². The van der Waals surface area contributed by atoms with Crippen LogP contribution in [0.3, 0.4) is 0 Å². The third-order valence-corrected chi connectivity index (χ3v) is 2.19. The van der Waals surface area contributed by atoms with E-state index in [1.165, 1.54) is 18.2 Å². The van der Waals surface area contributed by atoms with Gasteiger partial charge in [-0.3, -0.25) is 0 Å². The van der Waals surface area contributed by atoms with Gasteiger partial charge in [-0.15, -0.1) is 0 Å². The SMILES string of the molecule is O=C(O)c1ccc(Cl)c(NCCCO)c1. The predicted molar refractivity (Wildman–Crippen MR) is 58.6 cm³/mol. The van der Waals surface area contributed by atoms with Gasteiger partial charge in [0.15, 0.2) is 0 Å². The highest BCUT2D eigenvalue weighted by Crippen LogP contribution is 2.22. The second-order valence-electron chi connectivity index (χ2n) is 3.00. The molecule has 0 aliphatic heterocycles. The van der Waals surface area contributed by atoms with Crippen LogP contribution in [-0.2, 0) is 0 Å². The highest BCUT2D eigenvalue weighted by molar-refractivity contribution is 6.33. The number of benzene rings is 1. The molecule has 5 heteroatoms. The molecule has 0 amide bonds. The summed E-state index contributed by atoms with van der Waals surface area (Å²) in [6, 6.07) is 4.45. The molecule has 15 heavy (non-hydrogen) atoms. The number of hydrogen-bond acceptors (Lipinski definition) is 3. The molecule has 0 aliphatic rings. The predicted octanol–water partition coefficient (Wildman–Crippen LogP) is 1.83. The molecule has 0 aromatic heterocycles. The lowest BCUT2D eigenvalue weighted by Crippen LogP contribution is -2.05. The smallest absolute Gasteiger partial charge is 0.335 e. The van der Waals surface area contributed by atoms with Crippen LogP contribution >= 0.6 is 11.6 Å². The maximum absolute atomic E-state index is 10.7. The van der Waals surface area contributed by atoms with E-state index in [0.717, 1.165) is 0 Å². The number of aliphatic hydroxyl groups excluding tert-OH is 1. The van der Waals surface area contributed by atoms with Crippen molar-refractivity contribution in [1.29, 1.82) is 0 Å². The third-order valence-electron chi connectivity index (χ3n) is 1.86. The Hall–Kier alpha value is -1.26. The number of aliphatic hydroxyl groups is 1. The number of carbonyl (C=O) groups is 1. The second-order valence-corrected chi connectivity index (χ2v) is 3.41. The Bertz CT molecular complexity index is 355. The summed E-state index contributed by atoms with van der Waals surface area (Å²) in [5.41, 5.74) is 0.760. The molecule has 0 bridgehead atoms. The summed E-state index contributed by atoms with van der Waals surface area (Å²) in [6.45, 7) is 0.641. The minimum Gasteiger partial charge on any atom is -0.478 e. The maximum atomic E-state index is 10.7. The third kappa shape index (κ3) is 3.42. The van der Waals surface area contributed by atoms with E-state index in [1.54, 1.807) is 0 Å². The van der Waals surface area contributed by atoms with Gasteiger partial charge in [-0.2, -0.15) is 0 Å². The normalized spacial score (nSPS) is 10.0. The largest absolute Gasteiger partial charge is 0.478 e. The summed E-state index contributed by atoms with van der Waals surface area (Å²) in [6.07, 6.45) is 0.591. The molecule has 0 saturated heterocycles. The zero-order valence-corrected chi connectivity index (χ0v) is 8.79. The van der Waals surface area contributed by atoms with E-state index in [2.05, 4.69) is 5.32 Å². The van der Waals surface area contributed by atoms with Crippen LogP contribution in [0.4, 0.5) is 5.69 Å². The Balaban J connectivity index is 2.76. The number of rotatable bonds is 5. The number of carboxylic acid groups (broad SMARTS) is 1. The standard InChI is InChI=1S/C10H12ClNO3/c11-8-3-2-7(10(14)15)6-9(8)12-4-1-5-13/h2-3,6,12-13H,1,4-5H2,(H,14,15). The molecule has 1 aromatic rings. The van der Waals surface area contributed by atoms with Gasteiger partial charge in [-0.05, 0) is 24.6 Å². The highest BCUT2D eigenvalue weighted by Gasteiger charge is 2.06. The molecule has 0 fully saturated rings. The Labute approximate surface area is 92.5 Å². The van der Waals surface area contributed by atoms with E-state index in [9.17, 15) is 4.79 Å². The molecule has 82 valence electrons. The summed E-state index contributed by atoms with van der Waals surface area (Å²) in [7, 11) is 0. The van der Waals surface area contributed by atoms with Crippen LogP contribution in [0.5, 0.6) is 0 Å². The lowest BCUT2D eigenvalue weighted by Gasteiger charge is -2.08. The van der Waals surface area contributed by atoms with Gasteiger partial charge < -0.3 is 15.5 Å². The van der Waals surface area contributed by atoms with Gasteiger partial charge >= 0.3 is 5.97 Å². The fourth-order valence-corrected chi connectivity index (χ4v) is 1.28. The van der Waals surface area contributed by atoms with Gasteiger partial charge in [0, 0.05) is 13.2 Å². The molecule has 0 saturated carbocycles. The minimum atomic E-state index is -0.989. The van der Waals surface area contributed by atoms with Gasteiger partial charge in [0.25, 0.3) is 0 Å². The Morgan fingerprint density at radius 3 is 2.80 bits per heavy atom.